The molecule has 0 radical (unpaired) electrons. The summed E-state index contributed by atoms with van der Waals surface area (Å²) in [5, 5.41) is 14.3. The van der Waals surface area contributed by atoms with Crippen molar-refractivity contribution < 1.29 is 0 Å². The van der Waals surface area contributed by atoms with E-state index in [0.717, 1.165) is 31.8 Å². The lowest BCUT2D eigenvalue weighted by molar-refractivity contribution is 0.502. The van der Waals surface area contributed by atoms with Crippen molar-refractivity contribution in [2.24, 2.45) is 5.92 Å². The molecule has 96 valence electrons. The van der Waals surface area contributed by atoms with Gasteiger partial charge in [0.1, 0.15) is 10.0 Å². The number of rotatable bonds is 7. The fraction of sp³-hybridized carbons (Fsp3) is 0.846. The number of aromatic nitrogens is 2. The van der Waals surface area contributed by atoms with Crippen LogP contribution in [-0.2, 0) is 12.8 Å². The van der Waals surface area contributed by atoms with Gasteiger partial charge >= 0.3 is 0 Å². The van der Waals surface area contributed by atoms with Crippen molar-refractivity contribution in [1.29, 1.82) is 0 Å². The summed E-state index contributed by atoms with van der Waals surface area (Å²) in [6.07, 6.45) is 9.24. The molecular weight excluding hydrogens is 230 g/mol. The maximum atomic E-state index is 4.30. The summed E-state index contributed by atoms with van der Waals surface area (Å²) in [7, 11) is 0. The van der Waals surface area contributed by atoms with Gasteiger partial charge in [-0.2, -0.15) is 0 Å². The van der Waals surface area contributed by atoms with Crippen LogP contribution in [0.3, 0.4) is 0 Å². The van der Waals surface area contributed by atoms with Gasteiger partial charge in [0.05, 0.1) is 0 Å². The minimum absolute atomic E-state index is 0.962. The molecule has 1 aromatic heterocycles. The van der Waals surface area contributed by atoms with Crippen LogP contribution in [0.1, 0.15) is 49.0 Å². The SMILES string of the molecule is CCNCCc1nnc(CCC2CCCC2)s1. The third-order valence-electron chi connectivity index (χ3n) is 3.52. The Hall–Kier alpha value is -0.480. The smallest absolute Gasteiger partial charge is 0.118 e. The van der Waals surface area contributed by atoms with Crippen LogP contribution in [0, 0.1) is 5.92 Å². The van der Waals surface area contributed by atoms with Crippen molar-refractivity contribution in [2.75, 3.05) is 13.1 Å². The van der Waals surface area contributed by atoms with Crippen molar-refractivity contribution in [3.63, 3.8) is 0 Å². The van der Waals surface area contributed by atoms with E-state index < -0.39 is 0 Å². The van der Waals surface area contributed by atoms with E-state index in [1.807, 2.05) is 0 Å². The van der Waals surface area contributed by atoms with Gasteiger partial charge in [0.2, 0.25) is 0 Å². The second-order valence-corrected chi connectivity index (χ2v) is 6.03. The van der Waals surface area contributed by atoms with E-state index in [4.69, 9.17) is 0 Å². The molecule has 0 aliphatic heterocycles. The van der Waals surface area contributed by atoms with Gasteiger partial charge in [0.25, 0.3) is 0 Å². The number of hydrogen-bond acceptors (Lipinski definition) is 4. The molecule has 17 heavy (non-hydrogen) atoms. The molecule has 0 saturated heterocycles. The molecule has 2 rings (SSSR count). The molecule has 4 heteroatoms. The fourth-order valence-electron chi connectivity index (χ4n) is 2.49. The van der Waals surface area contributed by atoms with Crippen molar-refractivity contribution in [3.05, 3.63) is 10.0 Å². The van der Waals surface area contributed by atoms with Gasteiger partial charge in [-0.1, -0.05) is 32.6 Å². The highest BCUT2D eigenvalue weighted by molar-refractivity contribution is 7.11. The van der Waals surface area contributed by atoms with Crippen molar-refractivity contribution >= 4 is 11.3 Å². The van der Waals surface area contributed by atoms with Crippen LogP contribution < -0.4 is 5.32 Å². The normalized spacial score (nSPS) is 16.8. The quantitative estimate of drug-likeness (QED) is 0.759. The van der Waals surface area contributed by atoms with Crippen molar-refractivity contribution in [1.82, 2.24) is 15.5 Å². The summed E-state index contributed by atoms with van der Waals surface area (Å²) in [5.41, 5.74) is 0. The first-order chi connectivity index (χ1) is 8.38. The summed E-state index contributed by atoms with van der Waals surface area (Å²) in [5.74, 6) is 0.962. The van der Waals surface area contributed by atoms with Gasteiger partial charge in [-0.05, 0) is 18.9 Å². The van der Waals surface area contributed by atoms with E-state index in [-0.39, 0.29) is 0 Å². The van der Waals surface area contributed by atoms with Crippen LogP contribution in [0.15, 0.2) is 0 Å². The Morgan fingerprint density at radius 1 is 1.18 bits per heavy atom. The first-order valence-corrected chi connectivity index (χ1v) is 7.72. The fourth-order valence-corrected chi connectivity index (χ4v) is 3.35. The average molecular weight is 253 g/mol. The minimum Gasteiger partial charge on any atom is -0.317 e. The van der Waals surface area contributed by atoms with Crippen LogP contribution in [0.25, 0.3) is 0 Å². The summed E-state index contributed by atoms with van der Waals surface area (Å²) >= 11 is 1.80. The molecule has 0 aromatic carbocycles. The van der Waals surface area contributed by atoms with E-state index >= 15 is 0 Å². The summed E-state index contributed by atoms with van der Waals surface area (Å²) in [4.78, 5) is 0. The summed E-state index contributed by atoms with van der Waals surface area (Å²) < 4.78 is 0. The van der Waals surface area contributed by atoms with Crippen LogP contribution in [-0.4, -0.2) is 23.3 Å². The zero-order valence-corrected chi connectivity index (χ0v) is 11.6. The van der Waals surface area contributed by atoms with Crippen LogP contribution in [0.4, 0.5) is 0 Å². The first-order valence-electron chi connectivity index (χ1n) is 6.90. The molecule has 1 heterocycles. The lowest BCUT2D eigenvalue weighted by atomic mass is 10.0. The molecule has 1 aliphatic carbocycles. The second kappa shape index (κ2) is 7.07. The molecule has 0 atom stereocenters. The highest BCUT2D eigenvalue weighted by Gasteiger charge is 2.15. The third kappa shape index (κ3) is 4.36. The highest BCUT2D eigenvalue weighted by Crippen LogP contribution is 2.29. The van der Waals surface area contributed by atoms with Gasteiger partial charge in [-0.3, -0.25) is 0 Å². The van der Waals surface area contributed by atoms with E-state index in [9.17, 15) is 0 Å². The molecule has 1 aromatic rings. The number of likely N-dealkylation sites (N-methyl/N-ethyl adjacent to an activating group) is 1. The average Bonchev–Trinajstić information content (AvgIpc) is 2.98. The number of nitrogens with zero attached hydrogens (tertiary/aromatic N) is 2. The predicted octanol–water partition coefficient (Wildman–Crippen LogP) is 2.81. The molecule has 3 nitrogen and oxygen atoms in total. The van der Waals surface area contributed by atoms with Crippen molar-refractivity contribution in [3.8, 4) is 0 Å². The van der Waals surface area contributed by atoms with Gasteiger partial charge in [-0.15, -0.1) is 21.5 Å². The Labute approximate surface area is 108 Å². The second-order valence-electron chi connectivity index (χ2n) is 4.88. The maximum absolute atomic E-state index is 4.30. The zero-order chi connectivity index (χ0) is 11.9. The minimum atomic E-state index is 0.962. The third-order valence-corrected chi connectivity index (χ3v) is 4.56. The first kappa shape index (κ1) is 13.0. The van der Waals surface area contributed by atoms with Crippen molar-refractivity contribution in [2.45, 2.75) is 51.9 Å². The molecule has 1 fully saturated rings. The summed E-state index contributed by atoms with van der Waals surface area (Å²) in [6.45, 7) is 4.19. The Morgan fingerprint density at radius 3 is 2.59 bits per heavy atom. The Bertz CT molecular complexity index is 318. The van der Waals surface area contributed by atoms with Crippen LogP contribution in [0.2, 0.25) is 0 Å². The molecule has 0 spiro atoms. The van der Waals surface area contributed by atoms with Gasteiger partial charge in [0, 0.05) is 19.4 Å². The van der Waals surface area contributed by atoms with Crippen LogP contribution in [0.5, 0.6) is 0 Å². The highest BCUT2D eigenvalue weighted by atomic mass is 32.1. The van der Waals surface area contributed by atoms with E-state index in [1.54, 1.807) is 11.3 Å². The molecule has 0 unspecified atom stereocenters. The standard InChI is InChI=1S/C13H23N3S/c1-2-14-10-9-13-16-15-12(17-13)8-7-11-5-3-4-6-11/h11,14H,2-10H2,1H3. The van der Waals surface area contributed by atoms with E-state index in [0.29, 0.717) is 0 Å². The van der Waals surface area contributed by atoms with E-state index in [2.05, 4.69) is 22.4 Å². The zero-order valence-electron chi connectivity index (χ0n) is 10.7. The molecular formula is C13H23N3S. The largest absolute Gasteiger partial charge is 0.317 e. The van der Waals surface area contributed by atoms with Gasteiger partial charge in [-0.25, -0.2) is 0 Å². The van der Waals surface area contributed by atoms with Crippen LogP contribution >= 0.6 is 11.3 Å². The Balaban J connectivity index is 1.69. The number of aryl methyl sites for hydroxylation is 1. The molecule has 0 amide bonds. The molecule has 1 saturated carbocycles. The molecule has 1 N–H and O–H groups in total. The topological polar surface area (TPSA) is 37.8 Å². The van der Waals surface area contributed by atoms with Gasteiger partial charge in [0.15, 0.2) is 0 Å². The monoisotopic (exact) mass is 253 g/mol. The lowest BCUT2D eigenvalue weighted by Gasteiger charge is -2.05. The Kier molecular flexibility index (Phi) is 5.39. The maximum Gasteiger partial charge on any atom is 0.118 e. The summed E-state index contributed by atoms with van der Waals surface area (Å²) in [6, 6.07) is 0. The van der Waals surface area contributed by atoms with Gasteiger partial charge < -0.3 is 5.32 Å². The number of hydrogen-bond donors (Lipinski definition) is 1. The predicted molar refractivity (Wildman–Crippen MR) is 72.4 cm³/mol. The lowest BCUT2D eigenvalue weighted by Crippen LogP contribution is -2.15. The Morgan fingerprint density at radius 2 is 1.88 bits per heavy atom. The molecule has 0 bridgehead atoms. The van der Waals surface area contributed by atoms with E-state index in [1.165, 1.54) is 42.1 Å². The molecule has 1 aliphatic rings. The number of nitrogens with one attached hydrogen (secondary N) is 1.